The molecule has 1 heterocycles. The quantitative estimate of drug-likeness (QED) is 0.498. The Morgan fingerprint density at radius 3 is 2.64 bits per heavy atom. The predicted molar refractivity (Wildman–Crippen MR) is 92.5 cm³/mol. The smallest absolute Gasteiger partial charge is 0.289 e. The molecule has 0 aliphatic rings. The number of aliphatic imine (C=N–C) groups is 1. The fourth-order valence-corrected chi connectivity index (χ4v) is 3.42. The summed E-state index contributed by atoms with van der Waals surface area (Å²) in [5.74, 6) is -4.24. The van der Waals surface area contributed by atoms with E-state index in [4.69, 9.17) is 0 Å². The molecule has 0 fully saturated rings. The molecule has 0 aliphatic carbocycles. The van der Waals surface area contributed by atoms with E-state index < -0.39 is 28.7 Å². The van der Waals surface area contributed by atoms with Crippen molar-refractivity contribution in [2.45, 2.75) is 24.7 Å². The SMILES string of the molecule is CN/C(=N\c1cc([S+]([O-])CC(C)(F)F)c(C)cc1F)c1ccccn1. The summed E-state index contributed by atoms with van der Waals surface area (Å²) in [7, 11) is 1.61. The Labute approximate surface area is 147 Å². The minimum atomic E-state index is -3.08. The van der Waals surface area contributed by atoms with Crippen molar-refractivity contribution in [3.63, 3.8) is 0 Å². The Morgan fingerprint density at radius 1 is 1.36 bits per heavy atom. The van der Waals surface area contributed by atoms with Gasteiger partial charge >= 0.3 is 0 Å². The molecule has 8 heteroatoms. The van der Waals surface area contributed by atoms with Crippen LogP contribution in [0.3, 0.4) is 0 Å². The number of alkyl halides is 2. The van der Waals surface area contributed by atoms with Crippen LogP contribution in [0.25, 0.3) is 0 Å². The maximum atomic E-state index is 14.2. The number of benzene rings is 1. The lowest BCUT2D eigenvalue weighted by Gasteiger charge is -2.17. The third-order valence-corrected chi connectivity index (χ3v) is 4.95. The molecule has 1 unspecified atom stereocenters. The van der Waals surface area contributed by atoms with Crippen LogP contribution in [0.1, 0.15) is 18.2 Å². The van der Waals surface area contributed by atoms with Crippen LogP contribution in [-0.4, -0.2) is 34.1 Å². The summed E-state index contributed by atoms with van der Waals surface area (Å²) in [5.41, 5.74) is 0.735. The zero-order chi connectivity index (χ0) is 18.6. The van der Waals surface area contributed by atoms with Crippen LogP contribution in [0.2, 0.25) is 0 Å². The largest absolute Gasteiger partial charge is 0.611 e. The van der Waals surface area contributed by atoms with E-state index in [0.717, 1.165) is 6.07 Å². The molecule has 2 aromatic rings. The van der Waals surface area contributed by atoms with Crippen LogP contribution in [0.4, 0.5) is 18.9 Å². The molecule has 0 aliphatic heterocycles. The summed E-state index contributed by atoms with van der Waals surface area (Å²) in [4.78, 5) is 8.44. The number of hydrogen-bond acceptors (Lipinski definition) is 3. The number of hydrogen-bond donors (Lipinski definition) is 1. The maximum absolute atomic E-state index is 14.2. The number of aromatic nitrogens is 1. The average Bonchev–Trinajstić information content (AvgIpc) is 2.53. The third-order valence-electron chi connectivity index (χ3n) is 3.25. The van der Waals surface area contributed by atoms with Crippen LogP contribution < -0.4 is 5.32 Å². The minimum absolute atomic E-state index is 0.0941. The number of amidine groups is 1. The summed E-state index contributed by atoms with van der Waals surface area (Å²) >= 11 is -1.97. The van der Waals surface area contributed by atoms with Crippen molar-refractivity contribution in [3.8, 4) is 0 Å². The minimum Gasteiger partial charge on any atom is -0.611 e. The third kappa shape index (κ3) is 5.20. The van der Waals surface area contributed by atoms with E-state index in [0.29, 0.717) is 24.0 Å². The van der Waals surface area contributed by atoms with Crippen LogP contribution in [0.15, 0.2) is 46.4 Å². The zero-order valence-corrected chi connectivity index (χ0v) is 14.8. The van der Waals surface area contributed by atoms with Crippen LogP contribution in [0, 0.1) is 12.7 Å². The molecule has 4 nitrogen and oxygen atoms in total. The second-order valence-electron chi connectivity index (χ2n) is 5.55. The topological polar surface area (TPSA) is 60.3 Å². The highest BCUT2D eigenvalue weighted by molar-refractivity contribution is 7.91. The molecule has 0 spiro atoms. The second-order valence-corrected chi connectivity index (χ2v) is 6.97. The lowest BCUT2D eigenvalue weighted by Crippen LogP contribution is -2.25. The molecular formula is C17H18F3N3OS. The van der Waals surface area contributed by atoms with Crippen LogP contribution >= 0.6 is 0 Å². The fourth-order valence-electron chi connectivity index (χ4n) is 2.15. The highest BCUT2D eigenvalue weighted by Gasteiger charge is 2.31. The number of pyridine rings is 1. The summed E-state index contributed by atoms with van der Waals surface area (Å²) in [6, 6.07) is 7.57. The molecule has 25 heavy (non-hydrogen) atoms. The van der Waals surface area contributed by atoms with Gasteiger partial charge in [-0.1, -0.05) is 6.07 Å². The lowest BCUT2D eigenvalue weighted by atomic mass is 10.2. The lowest BCUT2D eigenvalue weighted by molar-refractivity contribution is 0.0473. The van der Waals surface area contributed by atoms with Gasteiger partial charge in [0.25, 0.3) is 5.92 Å². The van der Waals surface area contributed by atoms with E-state index in [1.54, 1.807) is 31.4 Å². The molecule has 1 aromatic heterocycles. The molecule has 134 valence electrons. The van der Waals surface area contributed by atoms with Gasteiger partial charge in [0.2, 0.25) is 0 Å². The van der Waals surface area contributed by atoms with Gasteiger partial charge < -0.3 is 9.87 Å². The Balaban J connectivity index is 2.44. The Bertz CT molecular complexity index is 764. The van der Waals surface area contributed by atoms with Gasteiger partial charge in [-0.3, -0.25) is 4.98 Å². The summed E-state index contributed by atoms with van der Waals surface area (Å²) in [6.07, 6.45) is 1.57. The highest BCUT2D eigenvalue weighted by Crippen LogP contribution is 2.29. The summed E-state index contributed by atoms with van der Waals surface area (Å²) < 4.78 is 52.7. The van der Waals surface area contributed by atoms with Crippen LogP contribution in [0.5, 0.6) is 0 Å². The maximum Gasteiger partial charge on any atom is 0.289 e. The first kappa shape index (κ1) is 19.3. The Kier molecular flexibility index (Phi) is 6.07. The molecule has 1 N–H and O–H groups in total. The molecular weight excluding hydrogens is 351 g/mol. The van der Waals surface area contributed by atoms with Crippen LogP contribution in [-0.2, 0) is 11.2 Å². The van der Waals surface area contributed by atoms with E-state index in [9.17, 15) is 17.7 Å². The summed E-state index contributed by atoms with van der Waals surface area (Å²) in [5, 5.41) is 2.82. The molecule has 0 amide bonds. The Hall–Kier alpha value is -2.06. The van der Waals surface area contributed by atoms with Crippen molar-refractivity contribution < 1.29 is 17.7 Å². The van der Waals surface area contributed by atoms with Gasteiger partial charge in [-0.2, -0.15) is 0 Å². The van der Waals surface area contributed by atoms with Crippen molar-refractivity contribution >= 4 is 22.7 Å². The number of halogens is 3. The van der Waals surface area contributed by atoms with E-state index >= 15 is 0 Å². The zero-order valence-electron chi connectivity index (χ0n) is 14.0. The second kappa shape index (κ2) is 7.88. The first-order chi connectivity index (χ1) is 11.7. The van der Waals surface area contributed by atoms with Gasteiger partial charge in [-0.25, -0.2) is 18.2 Å². The van der Waals surface area contributed by atoms with E-state index in [2.05, 4.69) is 15.3 Å². The number of rotatable bonds is 5. The first-order valence-electron chi connectivity index (χ1n) is 7.45. The molecule has 0 saturated heterocycles. The Morgan fingerprint density at radius 2 is 2.08 bits per heavy atom. The van der Waals surface area contributed by atoms with Gasteiger partial charge in [0.15, 0.2) is 16.5 Å². The van der Waals surface area contributed by atoms with Crippen molar-refractivity contribution in [2.75, 3.05) is 12.8 Å². The highest BCUT2D eigenvalue weighted by atomic mass is 32.2. The van der Waals surface area contributed by atoms with Gasteiger partial charge in [0.05, 0.1) is 0 Å². The van der Waals surface area contributed by atoms with E-state index in [1.165, 1.54) is 13.0 Å². The van der Waals surface area contributed by atoms with Crippen molar-refractivity contribution in [3.05, 3.63) is 53.6 Å². The van der Waals surface area contributed by atoms with Gasteiger partial charge in [0, 0.05) is 31.8 Å². The number of nitrogens with one attached hydrogen (secondary N) is 1. The van der Waals surface area contributed by atoms with Gasteiger partial charge in [-0.05, 0) is 36.3 Å². The van der Waals surface area contributed by atoms with Gasteiger partial charge in [-0.15, -0.1) is 0 Å². The molecule has 1 aromatic carbocycles. The molecule has 0 bridgehead atoms. The number of nitrogens with zero attached hydrogens (tertiary/aromatic N) is 2. The fraction of sp³-hybridized carbons (Fsp3) is 0.294. The van der Waals surface area contributed by atoms with E-state index in [1.807, 2.05) is 0 Å². The molecule has 0 saturated carbocycles. The normalized spacial score (nSPS) is 13.6. The monoisotopic (exact) mass is 369 g/mol. The van der Waals surface area contributed by atoms with E-state index in [-0.39, 0.29) is 10.6 Å². The van der Waals surface area contributed by atoms with Crippen molar-refractivity contribution in [1.29, 1.82) is 0 Å². The number of aryl methyl sites for hydroxylation is 1. The molecule has 2 rings (SSSR count). The molecule has 1 atom stereocenters. The standard InChI is InChI=1S/C17H18F3N3OS/c1-11-8-12(18)14(9-15(11)25(24)10-17(2,19)20)23-16(21-3)13-6-4-5-7-22-13/h4-9H,10H2,1-3H3,(H,21,23). The first-order valence-corrected chi connectivity index (χ1v) is 8.77. The van der Waals surface area contributed by atoms with Crippen molar-refractivity contribution in [1.82, 2.24) is 10.3 Å². The van der Waals surface area contributed by atoms with Crippen molar-refractivity contribution in [2.24, 2.45) is 4.99 Å². The predicted octanol–water partition coefficient (Wildman–Crippen LogP) is 3.59. The average molecular weight is 369 g/mol. The summed E-state index contributed by atoms with van der Waals surface area (Å²) in [6.45, 7) is 2.22. The van der Waals surface area contributed by atoms with Gasteiger partial charge in [0.1, 0.15) is 17.2 Å². The molecule has 0 radical (unpaired) electrons.